The van der Waals surface area contributed by atoms with E-state index in [-0.39, 0.29) is 5.91 Å². The van der Waals surface area contributed by atoms with Crippen molar-refractivity contribution in [3.63, 3.8) is 0 Å². The molecule has 82 valence electrons. The number of thiazole rings is 1. The standard InChI is InChI=1S/C10H15N3OS/c1-2-3-6-12-10(14)8-7-15-9(13-8)4-5-11/h2,7H,1,3-6,11H2,(H,12,14). The van der Waals surface area contributed by atoms with Crippen molar-refractivity contribution in [1.82, 2.24) is 10.3 Å². The second-order valence-corrected chi connectivity index (χ2v) is 3.94. The van der Waals surface area contributed by atoms with Crippen LogP contribution in [0.25, 0.3) is 0 Å². The van der Waals surface area contributed by atoms with E-state index in [0.29, 0.717) is 18.8 Å². The summed E-state index contributed by atoms with van der Waals surface area (Å²) in [6, 6.07) is 0. The molecule has 0 saturated heterocycles. The summed E-state index contributed by atoms with van der Waals surface area (Å²) < 4.78 is 0. The van der Waals surface area contributed by atoms with Crippen LogP contribution < -0.4 is 11.1 Å². The van der Waals surface area contributed by atoms with Crippen LogP contribution in [0, 0.1) is 0 Å². The quantitative estimate of drug-likeness (QED) is 0.559. The second kappa shape index (κ2) is 6.31. The first-order valence-electron chi connectivity index (χ1n) is 4.81. The molecule has 0 aliphatic heterocycles. The molecule has 4 nitrogen and oxygen atoms in total. The number of nitrogens with one attached hydrogen (secondary N) is 1. The highest BCUT2D eigenvalue weighted by Gasteiger charge is 2.08. The molecule has 0 aliphatic rings. The van der Waals surface area contributed by atoms with Gasteiger partial charge in [0.05, 0.1) is 5.01 Å². The van der Waals surface area contributed by atoms with E-state index in [1.165, 1.54) is 11.3 Å². The average molecular weight is 225 g/mol. The number of amides is 1. The molecule has 5 heteroatoms. The topological polar surface area (TPSA) is 68.0 Å². The van der Waals surface area contributed by atoms with Crippen molar-refractivity contribution < 1.29 is 4.79 Å². The minimum absolute atomic E-state index is 0.128. The van der Waals surface area contributed by atoms with Gasteiger partial charge in [0.25, 0.3) is 5.91 Å². The van der Waals surface area contributed by atoms with E-state index in [1.54, 1.807) is 11.5 Å². The van der Waals surface area contributed by atoms with E-state index in [0.717, 1.165) is 17.8 Å². The van der Waals surface area contributed by atoms with Gasteiger partial charge >= 0.3 is 0 Å². The summed E-state index contributed by atoms with van der Waals surface area (Å²) in [6.07, 6.45) is 3.26. The lowest BCUT2D eigenvalue weighted by Gasteiger charge is -1.99. The first-order chi connectivity index (χ1) is 7.27. The average Bonchev–Trinajstić information content (AvgIpc) is 2.67. The zero-order valence-corrected chi connectivity index (χ0v) is 9.35. The van der Waals surface area contributed by atoms with E-state index in [9.17, 15) is 4.79 Å². The third kappa shape index (κ3) is 3.81. The fourth-order valence-corrected chi connectivity index (χ4v) is 1.83. The lowest BCUT2D eigenvalue weighted by molar-refractivity contribution is 0.0950. The molecule has 0 spiro atoms. The SMILES string of the molecule is C=CCCNC(=O)c1csc(CCN)n1. The molecular weight excluding hydrogens is 210 g/mol. The summed E-state index contributed by atoms with van der Waals surface area (Å²) in [5, 5.41) is 5.42. The van der Waals surface area contributed by atoms with Crippen LogP contribution in [-0.2, 0) is 6.42 Å². The maximum absolute atomic E-state index is 11.5. The maximum Gasteiger partial charge on any atom is 0.270 e. The molecule has 1 aromatic rings. The van der Waals surface area contributed by atoms with Gasteiger partial charge in [-0.3, -0.25) is 4.79 Å². The van der Waals surface area contributed by atoms with E-state index in [2.05, 4.69) is 16.9 Å². The van der Waals surface area contributed by atoms with Crippen LogP contribution >= 0.6 is 11.3 Å². The summed E-state index contributed by atoms with van der Waals surface area (Å²) in [7, 11) is 0. The van der Waals surface area contributed by atoms with Crippen molar-refractivity contribution in [3.05, 3.63) is 28.7 Å². The Bertz CT molecular complexity index is 335. The lowest BCUT2D eigenvalue weighted by Crippen LogP contribution is -2.24. The first-order valence-corrected chi connectivity index (χ1v) is 5.69. The second-order valence-electron chi connectivity index (χ2n) is 3.00. The molecule has 1 amide bonds. The fourth-order valence-electron chi connectivity index (χ4n) is 1.03. The van der Waals surface area contributed by atoms with Crippen LogP contribution in [0.2, 0.25) is 0 Å². The molecule has 3 N–H and O–H groups in total. The predicted octanol–water partition coefficient (Wildman–Crippen LogP) is 0.950. The minimum Gasteiger partial charge on any atom is -0.350 e. The van der Waals surface area contributed by atoms with Crippen LogP contribution in [0.15, 0.2) is 18.0 Å². The molecule has 0 atom stereocenters. The van der Waals surface area contributed by atoms with Gasteiger partial charge in [-0.25, -0.2) is 4.98 Å². The van der Waals surface area contributed by atoms with Crippen LogP contribution in [-0.4, -0.2) is 24.0 Å². The Labute approximate surface area is 93.2 Å². The summed E-state index contributed by atoms with van der Waals surface area (Å²) in [4.78, 5) is 15.7. The highest BCUT2D eigenvalue weighted by Crippen LogP contribution is 2.09. The number of aromatic nitrogens is 1. The molecule has 1 aromatic heterocycles. The first kappa shape index (κ1) is 11.9. The van der Waals surface area contributed by atoms with Gasteiger partial charge in [0.15, 0.2) is 0 Å². The Balaban J connectivity index is 2.46. The lowest BCUT2D eigenvalue weighted by atomic mass is 10.4. The summed E-state index contributed by atoms with van der Waals surface area (Å²) in [5.74, 6) is -0.128. The van der Waals surface area contributed by atoms with Gasteiger partial charge in [-0.2, -0.15) is 0 Å². The van der Waals surface area contributed by atoms with Gasteiger partial charge in [-0.05, 0) is 13.0 Å². The molecule has 0 aromatic carbocycles. The van der Waals surface area contributed by atoms with Crippen LogP contribution in [0.1, 0.15) is 21.9 Å². The number of nitrogens with two attached hydrogens (primary N) is 1. The van der Waals surface area contributed by atoms with Crippen molar-refractivity contribution in [2.45, 2.75) is 12.8 Å². The summed E-state index contributed by atoms with van der Waals surface area (Å²) in [6.45, 7) is 4.74. The van der Waals surface area contributed by atoms with Gasteiger partial charge in [-0.15, -0.1) is 17.9 Å². The molecule has 0 radical (unpaired) electrons. The predicted molar refractivity (Wildman–Crippen MR) is 62.0 cm³/mol. The van der Waals surface area contributed by atoms with E-state index in [4.69, 9.17) is 5.73 Å². The number of hydrogen-bond donors (Lipinski definition) is 2. The third-order valence-corrected chi connectivity index (χ3v) is 2.69. The fraction of sp³-hybridized carbons (Fsp3) is 0.400. The molecule has 0 saturated carbocycles. The maximum atomic E-state index is 11.5. The highest BCUT2D eigenvalue weighted by atomic mass is 32.1. The van der Waals surface area contributed by atoms with Crippen molar-refractivity contribution in [2.75, 3.05) is 13.1 Å². The third-order valence-electron chi connectivity index (χ3n) is 1.78. The van der Waals surface area contributed by atoms with Crippen LogP contribution in [0.5, 0.6) is 0 Å². The Morgan fingerprint density at radius 2 is 2.53 bits per heavy atom. The zero-order valence-electron chi connectivity index (χ0n) is 8.53. The Hall–Kier alpha value is -1.20. The number of nitrogens with zero attached hydrogens (tertiary/aromatic N) is 1. The van der Waals surface area contributed by atoms with Crippen LogP contribution in [0.3, 0.4) is 0 Å². The molecule has 0 aliphatic carbocycles. The Kier molecular flexibility index (Phi) is 5.00. The van der Waals surface area contributed by atoms with E-state index >= 15 is 0 Å². The molecule has 1 rings (SSSR count). The summed E-state index contributed by atoms with van der Waals surface area (Å²) in [5.41, 5.74) is 5.88. The summed E-state index contributed by atoms with van der Waals surface area (Å²) >= 11 is 1.47. The van der Waals surface area contributed by atoms with Gasteiger partial charge in [0, 0.05) is 18.3 Å². The number of carbonyl (C=O) groups excluding carboxylic acids is 1. The van der Waals surface area contributed by atoms with Gasteiger partial charge in [0.1, 0.15) is 5.69 Å². The smallest absolute Gasteiger partial charge is 0.270 e. The largest absolute Gasteiger partial charge is 0.350 e. The van der Waals surface area contributed by atoms with Crippen LogP contribution in [0.4, 0.5) is 0 Å². The number of hydrogen-bond acceptors (Lipinski definition) is 4. The normalized spacial score (nSPS) is 9.93. The molecule has 1 heterocycles. The highest BCUT2D eigenvalue weighted by molar-refractivity contribution is 7.09. The van der Waals surface area contributed by atoms with Crippen molar-refractivity contribution in [2.24, 2.45) is 5.73 Å². The van der Waals surface area contributed by atoms with E-state index in [1.807, 2.05) is 0 Å². The molecular formula is C10H15N3OS. The molecule has 0 unspecified atom stereocenters. The minimum atomic E-state index is -0.128. The van der Waals surface area contributed by atoms with E-state index < -0.39 is 0 Å². The Morgan fingerprint density at radius 1 is 1.73 bits per heavy atom. The van der Waals surface area contributed by atoms with Gasteiger partial charge in [-0.1, -0.05) is 6.08 Å². The van der Waals surface area contributed by atoms with Crippen molar-refractivity contribution in [1.29, 1.82) is 0 Å². The number of rotatable bonds is 6. The monoisotopic (exact) mass is 225 g/mol. The van der Waals surface area contributed by atoms with Crippen molar-refractivity contribution >= 4 is 17.2 Å². The number of carbonyl (C=O) groups is 1. The molecule has 0 bridgehead atoms. The Morgan fingerprint density at radius 3 is 3.20 bits per heavy atom. The zero-order chi connectivity index (χ0) is 11.1. The van der Waals surface area contributed by atoms with Gasteiger partial charge < -0.3 is 11.1 Å². The van der Waals surface area contributed by atoms with Crippen molar-refractivity contribution in [3.8, 4) is 0 Å². The molecule has 15 heavy (non-hydrogen) atoms. The molecule has 0 fully saturated rings. The van der Waals surface area contributed by atoms with Gasteiger partial charge in [0.2, 0.25) is 0 Å².